The van der Waals surface area contributed by atoms with E-state index in [1.807, 2.05) is 18.2 Å². The smallest absolute Gasteiger partial charge is 0.220 e. The highest BCUT2D eigenvalue weighted by molar-refractivity contribution is 5.76. The molecule has 1 N–H and O–H groups in total. The molecule has 0 atom stereocenters. The largest absolute Gasteiger partial charge is 0.497 e. The summed E-state index contributed by atoms with van der Waals surface area (Å²) in [6.07, 6.45) is 7.22. The van der Waals surface area contributed by atoms with Gasteiger partial charge in [-0.15, -0.1) is 0 Å². The summed E-state index contributed by atoms with van der Waals surface area (Å²) >= 11 is 0. The van der Waals surface area contributed by atoms with Gasteiger partial charge in [-0.05, 0) is 37.0 Å². The van der Waals surface area contributed by atoms with E-state index in [9.17, 15) is 4.79 Å². The molecule has 1 fully saturated rings. The lowest BCUT2D eigenvalue weighted by atomic mass is 9.95. The second kappa shape index (κ2) is 7.91. The zero-order valence-electron chi connectivity index (χ0n) is 13.0. The summed E-state index contributed by atoms with van der Waals surface area (Å²) in [6, 6.07) is 6.13. The summed E-state index contributed by atoms with van der Waals surface area (Å²) < 4.78 is 10.5. The minimum Gasteiger partial charge on any atom is -0.497 e. The van der Waals surface area contributed by atoms with E-state index < -0.39 is 0 Å². The van der Waals surface area contributed by atoms with Gasteiger partial charge in [-0.2, -0.15) is 0 Å². The third kappa shape index (κ3) is 4.96. The van der Waals surface area contributed by atoms with E-state index in [4.69, 9.17) is 9.47 Å². The van der Waals surface area contributed by atoms with E-state index in [0.717, 1.165) is 29.9 Å². The molecule has 4 heteroatoms. The molecular weight excluding hydrogens is 266 g/mol. The van der Waals surface area contributed by atoms with Crippen molar-refractivity contribution in [3.63, 3.8) is 0 Å². The Bertz CT molecular complexity index is 445. The highest BCUT2D eigenvalue weighted by atomic mass is 16.5. The Morgan fingerprint density at radius 2 is 1.71 bits per heavy atom. The molecule has 0 bridgehead atoms. The fourth-order valence-corrected chi connectivity index (χ4v) is 2.82. The summed E-state index contributed by atoms with van der Waals surface area (Å²) in [6.45, 7) is 0. The van der Waals surface area contributed by atoms with E-state index in [1.54, 1.807) is 14.2 Å². The highest BCUT2D eigenvalue weighted by Gasteiger charge is 2.15. The summed E-state index contributed by atoms with van der Waals surface area (Å²) in [7, 11) is 3.27. The van der Waals surface area contributed by atoms with Crippen LogP contribution in [0.1, 0.15) is 44.1 Å². The molecule has 116 valence electrons. The topological polar surface area (TPSA) is 47.6 Å². The van der Waals surface area contributed by atoms with Crippen LogP contribution in [0.4, 0.5) is 0 Å². The number of rotatable bonds is 6. The second-order valence-corrected chi connectivity index (χ2v) is 5.62. The Kier molecular flexibility index (Phi) is 5.90. The molecule has 1 aromatic rings. The Hall–Kier alpha value is -1.71. The fourth-order valence-electron chi connectivity index (χ4n) is 2.82. The first kappa shape index (κ1) is 15.7. The van der Waals surface area contributed by atoms with Crippen LogP contribution in [-0.2, 0) is 11.2 Å². The molecule has 0 aliphatic heterocycles. The monoisotopic (exact) mass is 291 g/mol. The number of aryl methyl sites for hydroxylation is 1. The van der Waals surface area contributed by atoms with Crippen molar-refractivity contribution in [1.29, 1.82) is 0 Å². The fraction of sp³-hybridized carbons (Fsp3) is 0.588. The van der Waals surface area contributed by atoms with Gasteiger partial charge in [-0.3, -0.25) is 4.79 Å². The zero-order valence-corrected chi connectivity index (χ0v) is 13.0. The van der Waals surface area contributed by atoms with Gasteiger partial charge in [0.15, 0.2) is 0 Å². The van der Waals surface area contributed by atoms with E-state index >= 15 is 0 Å². The normalized spacial score (nSPS) is 15.5. The number of benzene rings is 1. The molecule has 0 spiro atoms. The third-order valence-corrected chi connectivity index (χ3v) is 4.02. The van der Waals surface area contributed by atoms with Crippen LogP contribution in [0, 0.1) is 0 Å². The Morgan fingerprint density at radius 3 is 2.29 bits per heavy atom. The molecule has 1 aliphatic rings. The lowest BCUT2D eigenvalue weighted by molar-refractivity contribution is -0.121. The van der Waals surface area contributed by atoms with Crippen LogP contribution in [0.2, 0.25) is 0 Å². The van der Waals surface area contributed by atoms with Gasteiger partial charge < -0.3 is 14.8 Å². The molecule has 4 nitrogen and oxygen atoms in total. The number of carbonyl (C=O) groups is 1. The number of amides is 1. The minimum atomic E-state index is 0.142. The second-order valence-electron chi connectivity index (χ2n) is 5.62. The average Bonchev–Trinajstić information content (AvgIpc) is 2.53. The van der Waals surface area contributed by atoms with Gasteiger partial charge in [0, 0.05) is 18.5 Å². The molecule has 0 saturated heterocycles. The molecule has 1 aliphatic carbocycles. The lowest BCUT2D eigenvalue weighted by Gasteiger charge is -2.22. The minimum absolute atomic E-state index is 0.142. The van der Waals surface area contributed by atoms with Crippen LogP contribution in [0.15, 0.2) is 18.2 Å². The molecule has 1 saturated carbocycles. The van der Waals surface area contributed by atoms with Gasteiger partial charge in [-0.1, -0.05) is 19.3 Å². The van der Waals surface area contributed by atoms with Crippen LogP contribution in [0.5, 0.6) is 11.5 Å². The van der Waals surface area contributed by atoms with E-state index in [1.165, 1.54) is 19.3 Å². The van der Waals surface area contributed by atoms with Crippen molar-refractivity contribution in [2.24, 2.45) is 0 Å². The Morgan fingerprint density at radius 1 is 1.10 bits per heavy atom. The highest BCUT2D eigenvalue weighted by Crippen LogP contribution is 2.23. The maximum Gasteiger partial charge on any atom is 0.220 e. The maximum absolute atomic E-state index is 12.0. The van der Waals surface area contributed by atoms with Crippen LogP contribution in [0.25, 0.3) is 0 Å². The summed E-state index contributed by atoms with van der Waals surface area (Å²) in [5, 5.41) is 3.14. The number of methoxy groups -OCH3 is 2. The summed E-state index contributed by atoms with van der Waals surface area (Å²) in [5.74, 6) is 1.66. The van der Waals surface area contributed by atoms with Crippen molar-refractivity contribution in [3.05, 3.63) is 23.8 Å². The molecule has 2 rings (SSSR count). The van der Waals surface area contributed by atoms with Crippen LogP contribution in [-0.4, -0.2) is 26.2 Å². The van der Waals surface area contributed by atoms with E-state index in [2.05, 4.69) is 5.32 Å². The SMILES string of the molecule is COc1cc(CCC(=O)NC2CCCCC2)cc(OC)c1. The summed E-state index contributed by atoms with van der Waals surface area (Å²) in [5.41, 5.74) is 1.06. The Labute approximate surface area is 126 Å². The number of hydrogen-bond donors (Lipinski definition) is 1. The van der Waals surface area contributed by atoms with Gasteiger partial charge in [0.05, 0.1) is 14.2 Å². The first-order valence-electron chi connectivity index (χ1n) is 7.72. The van der Waals surface area contributed by atoms with Crippen molar-refractivity contribution in [3.8, 4) is 11.5 Å². The number of ether oxygens (including phenoxy) is 2. The molecule has 0 radical (unpaired) electrons. The van der Waals surface area contributed by atoms with E-state index in [0.29, 0.717) is 18.9 Å². The van der Waals surface area contributed by atoms with Gasteiger partial charge >= 0.3 is 0 Å². The molecule has 0 unspecified atom stereocenters. The predicted octanol–water partition coefficient (Wildman–Crippen LogP) is 3.09. The molecule has 1 aromatic carbocycles. The van der Waals surface area contributed by atoms with Crippen molar-refractivity contribution in [2.45, 2.75) is 51.0 Å². The van der Waals surface area contributed by atoms with Crippen molar-refractivity contribution < 1.29 is 14.3 Å². The van der Waals surface area contributed by atoms with Crippen molar-refractivity contribution in [1.82, 2.24) is 5.32 Å². The van der Waals surface area contributed by atoms with Crippen molar-refractivity contribution >= 4 is 5.91 Å². The predicted molar refractivity (Wildman–Crippen MR) is 82.9 cm³/mol. The van der Waals surface area contributed by atoms with E-state index in [-0.39, 0.29) is 5.91 Å². The average molecular weight is 291 g/mol. The molecule has 1 amide bonds. The first-order chi connectivity index (χ1) is 10.2. The maximum atomic E-state index is 12.0. The van der Waals surface area contributed by atoms with Gasteiger partial charge in [0.1, 0.15) is 11.5 Å². The van der Waals surface area contributed by atoms with Gasteiger partial charge in [0.25, 0.3) is 0 Å². The van der Waals surface area contributed by atoms with Crippen molar-refractivity contribution in [2.75, 3.05) is 14.2 Å². The molecular formula is C17H25NO3. The first-order valence-corrected chi connectivity index (χ1v) is 7.72. The number of carbonyl (C=O) groups excluding carboxylic acids is 1. The molecule has 21 heavy (non-hydrogen) atoms. The van der Waals surface area contributed by atoms with Gasteiger partial charge in [0.2, 0.25) is 5.91 Å². The molecule has 0 aromatic heterocycles. The molecule has 0 heterocycles. The van der Waals surface area contributed by atoms with Crippen LogP contribution < -0.4 is 14.8 Å². The van der Waals surface area contributed by atoms with Gasteiger partial charge in [-0.25, -0.2) is 0 Å². The quantitative estimate of drug-likeness (QED) is 0.876. The number of hydrogen-bond acceptors (Lipinski definition) is 3. The zero-order chi connectivity index (χ0) is 15.1. The standard InChI is InChI=1S/C17H25NO3/c1-20-15-10-13(11-16(12-15)21-2)8-9-17(19)18-14-6-4-3-5-7-14/h10-12,14H,3-9H2,1-2H3,(H,18,19). The summed E-state index contributed by atoms with van der Waals surface area (Å²) in [4.78, 5) is 12.0. The Balaban J connectivity index is 1.85. The van der Waals surface area contributed by atoms with Crippen LogP contribution >= 0.6 is 0 Å². The lowest BCUT2D eigenvalue weighted by Crippen LogP contribution is -2.36. The number of nitrogens with one attached hydrogen (secondary N) is 1. The van der Waals surface area contributed by atoms with Crippen LogP contribution in [0.3, 0.4) is 0 Å². The third-order valence-electron chi connectivity index (χ3n) is 4.02.